The maximum absolute atomic E-state index is 11.4. The summed E-state index contributed by atoms with van der Waals surface area (Å²) in [5.41, 5.74) is 0.0128. The fourth-order valence-corrected chi connectivity index (χ4v) is 2.09. The molecule has 2 atom stereocenters. The number of alkyl carbamates (subject to hydrolysis) is 1. The molecule has 2 unspecified atom stereocenters. The van der Waals surface area contributed by atoms with Crippen molar-refractivity contribution >= 4 is 28.7 Å². The van der Waals surface area contributed by atoms with Crippen molar-refractivity contribution in [2.75, 3.05) is 6.54 Å². The van der Waals surface area contributed by atoms with Crippen LogP contribution in [0.2, 0.25) is 0 Å². The van der Waals surface area contributed by atoms with Crippen molar-refractivity contribution in [1.82, 2.24) is 5.32 Å². The van der Waals surface area contributed by atoms with Crippen molar-refractivity contribution in [3.8, 4) is 0 Å². The van der Waals surface area contributed by atoms with Gasteiger partial charge in [0.1, 0.15) is 17.8 Å². The van der Waals surface area contributed by atoms with E-state index in [4.69, 9.17) is 4.74 Å². The summed E-state index contributed by atoms with van der Waals surface area (Å²) in [6.07, 6.45) is -2.77. The number of amides is 1. The predicted octanol–water partition coefficient (Wildman–Crippen LogP) is 2.21. The lowest BCUT2D eigenvalue weighted by Crippen LogP contribution is -2.38. The smallest absolute Gasteiger partial charge is 0.407 e. The van der Waals surface area contributed by atoms with Crippen LogP contribution in [0.1, 0.15) is 32.4 Å². The minimum Gasteiger partial charge on any atom is -0.444 e. The number of halogens is 1. The molecule has 3 N–H and O–H groups in total. The highest BCUT2D eigenvalue weighted by Gasteiger charge is 2.21. The summed E-state index contributed by atoms with van der Waals surface area (Å²) < 4.78 is 6.01. The van der Waals surface area contributed by atoms with Gasteiger partial charge in [0.2, 0.25) is 0 Å². The lowest BCUT2D eigenvalue weighted by molar-refractivity contribution is 0.0129. The molecule has 0 heterocycles. The second kappa shape index (κ2) is 7.24. The summed E-state index contributed by atoms with van der Waals surface area (Å²) in [4.78, 5) is 11.4. The molecule has 0 fully saturated rings. The Morgan fingerprint density at radius 3 is 2.60 bits per heavy atom. The van der Waals surface area contributed by atoms with E-state index in [2.05, 4.69) is 27.9 Å². The number of nitrogens with one attached hydrogen (secondary N) is 1. The fourth-order valence-electron chi connectivity index (χ4n) is 1.53. The van der Waals surface area contributed by atoms with Crippen LogP contribution in [0.4, 0.5) is 4.79 Å². The molecular weight excluding hydrogens is 373 g/mol. The molecule has 0 saturated heterocycles. The summed E-state index contributed by atoms with van der Waals surface area (Å²) in [5.74, 6) is 0. The van der Waals surface area contributed by atoms with Gasteiger partial charge >= 0.3 is 6.09 Å². The topological polar surface area (TPSA) is 78.8 Å². The number of carbonyl (C=O) groups excluding carboxylic acids is 1. The summed E-state index contributed by atoms with van der Waals surface area (Å²) in [7, 11) is 0. The minimum absolute atomic E-state index is 0.0818. The van der Waals surface area contributed by atoms with Gasteiger partial charge in [-0.15, -0.1) is 0 Å². The lowest BCUT2D eigenvalue weighted by Gasteiger charge is -2.22. The predicted molar refractivity (Wildman–Crippen MR) is 84.4 cm³/mol. The quantitative estimate of drug-likeness (QED) is 0.686. The Morgan fingerprint density at radius 2 is 2.05 bits per heavy atom. The van der Waals surface area contributed by atoms with Gasteiger partial charge in [0.15, 0.2) is 0 Å². The Kier molecular flexibility index (Phi) is 6.22. The van der Waals surface area contributed by atoms with Crippen molar-refractivity contribution in [2.24, 2.45) is 0 Å². The molecule has 1 aromatic rings. The standard InChI is InChI=1S/C14H20INO4/c1-14(2,3)20-13(19)16-8-11(17)12(18)9-5-4-6-10(15)7-9/h4-7,11-12,17-18H,8H2,1-3H3,(H,16,19). The van der Waals surface area contributed by atoms with Crippen LogP contribution in [0.15, 0.2) is 24.3 Å². The van der Waals surface area contributed by atoms with E-state index in [-0.39, 0.29) is 6.54 Å². The van der Waals surface area contributed by atoms with E-state index < -0.39 is 23.9 Å². The molecule has 0 bridgehead atoms. The third-order valence-corrected chi connectivity index (χ3v) is 3.08. The van der Waals surface area contributed by atoms with Gasteiger partial charge in [-0.2, -0.15) is 0 Å². The van der Waals surface area contributed by atoms with Crippen LogP contribution in [0.25, 0.3) is 0 Å². The van der Waals surface area contributed by atoms with E-state index in [1.54, 1.807) is 39.0 Å². The molecule has 112 valence electrons. The van der Waals surface area contributed by atoms with Crippen molar-refractivity contribution in [3.05, 3.63) is 33.4 Å². The first-order valence-corrected chi connectivity index (χ1v) is 7.35. The van der Waals surface area contributed by atoms with Gasteiger partial charge in [0.25, 0.3) is 0 Å². The molecule has 0 aliphatic carbocycles. The first-order chi connectivity index (χ1) is 9.19. The highest BCUT2D eigenvalue weighted by atomic mass is 127. The molecule has 0 aliphatic rings. The number of carbonyl (C=O) groups is 1. The van der Waals surface area contributed by atoms with E-state index in [1.165, 1.54) is 0 Å². The molecule has 1 rings (SSSR count). The van der Waals surface area contributed by atoms with Gasteiger partial charge in [-0.3, -0.25) is 0 Å². The second-order valence-electron chi connectivity index (χ2n) is 5.45. The van der Waals surface area contributed by atoms with Gasteiger partial charge in [-0.05, 0) is 61.1 Å². The van der Waals surface area contributed by atoms with Crippen LogP contribution in [0.5, 0.6) is 0 Å². The van der Waals surface area contributed by atoms with Crippen molar-refractivity contribution in [1.29, 1.82) is 0 Å². The van der Waals surface area contributed by atoms with Crippen molar-refractivity contribution < 1.29 is 19.7 Å². The van der Waals surface area contributed by atoms with Gasteiger partial charge in [-0.1, -0.05) is 12.1 Å². The second-order valence-corrected chi connectivity index (χ2v) is 6.70. The molecule has 0 saturated carbocycles. The molecule has 0 radical (unpaired) electrons. The fraction of sp³-hybridized carbons (Fsp3) is 0.500. The van der Waals surface area contributed by atoms with Crippen LogP contribution in [0.3, 0.4) is 0 Å². The zero-order valence-corrected chi connectivity index (χ0v) is 13.9. The summed E-state index contributed by atoms with van der Waals surface area (Å²) >= 11 is 2.13. The third-order valence-electron chi connectivity index (χ3n) is 2.41. The number of aliphatic hydroxyl groups is 2. The van der Waals surface area contributed by atoms with Crippen LogP contribution >= 0.6 is 22.6 Å². The Balaban J connectivity index is 2.50. The normalized spacial score (nSPS) is 14.5. The molecular formula is C14H20INO4. The maximum Gasteiger partial charge on any atom is 0.407 e. The van der Waals surface area contributed by atoms with Gasteiger partial charge in [-0.25, -0.2) is 4.79 Å². The Hall–Kier alpha value is -0.860. The van der Waals surface area contributed by atoms with Crippen LogP contribution < -0.4 is 5.32 Å². The number of benzene rings is 1. The molecule has 0 aliphatic heterocycles. The van der Waals surface area contributed by atoms with Gasteiger partial charge in [0, 0.05) is 10.1 Å². The zero-order valence-electron chi connectivity index (χ0n) is 11.8. The summed E-state index contributed by atoms with van der Waals surface area (Å²) in [5, 5.41) is 22.3. The summed E-state index contributed by atoms with van der Waals surface area (Å²) in [6.45, 7) is 5.18. The SMILES string of the molecule is CC(C)(C)OC(=O)NCC(O)C(O)c1cccc(I)c1. The number of ether oxygens (including phenoxy) is 1. The Labute approximate surface area is 132 Å². The molecule has 20 heavy (non-hydrogen) atoms. The van der Waals surface area contributed by atoms with Gasteiger partial charge in [0.05, 0.1) is 0 Å². The molecule has 5 nitrogen and oxygen atoms in total. The summed E-state index contributed by atoms with van der Waals surface area (Å²) in [6, 6.07) is 7.20. The number of aliphatic hydroxyl groups excluding tert-OH is 2. The molecule has 1 aromatic carbocycles. The average Bonchev–Trinajstić information content (AvgIpc) is 2.33. The largest absolute Gasteiger partial charge is 0.444 e. The number of hydrogen-bond donors (Lipinski definition) is 3. The lowest BCUT2D eigenvalue weighted by atomic mass is 10.0. The molecule has 0 spiro atoms. The van der Waals surface area contributed by atoms with Crippen LogP contribution in [-0.2, 0) is 4.74 Å². The van der Waals surface area contributed by atoms with Gasteiger partial charge < -0.3 is 20.3 Å². The molecule has 0 aromatic heterocycles. The molecule has 1 amide bonds. The first-order valence-electron chi connectivity index (χ1n) is 6.27. The van der Waals surface area contributed by atoms with Crippen LogP contribution in [0, 0.1) is 3.57 Å². The average molecular weight is 393 g/mol. The van der Waals surface area contributed by atoms with Crippen LogP contribution in [-0.4, -0.2) is 34.6 Å². The monoisotopic (exact) mass is 393 g/mol. The van der Waals surface area contributed by atoms with E-state index in [0.29, 0.717) is 5.56 Å². The maximum atomic E-state index is 11.4. The van der Waals surface area contributed by atoms with Crippen molar-refractivity contribution in [2.45, 2.75) is 38.6 Å². The Bertz CT molecular complexity index is 459. The first kappa shape index (κ1) is 17.2. The third kappa shape index (κ3) is 6.06. The number of rotatable bonds is 4. The Morgan fingerprint density at radius 1 is 1.40 bits per heavy atom. The zero-order chi connectivity index (χ0) is 15.3. The highest BCUT2D eigenvalue weighted by Crippen LogP contribution is 2.19. The number of hydrogen-bond acceptors (Lipinski definition) is 4. The van der Waals surface area contributed by atoms with Crippen molar-refractivity contribution in [3.63, 3.8) is 0 Å². The molecule has 6 heteroatoms. The van der Waals surface area contributed by atoms with E-state index in [0.717, 1.165) is 3.57 Å². The van der Waals surface area contributed by atoms with E-state index in [1.807, 2.05) is 6.07 Å². The van der Waals surface area contributed by atoms with E-state index >= 15 is 0 Å². The van der Waals surface area contributed by atoms with E-state index in [9.17, 15) is 15.0 Å². The highest BCUT2D eigenvalue weighted by molar-refractivity contribution is 14.1. The minimum atomic E-state index is -1.10.